The van der Waals surface area contributed by atoms with Gasteiger partial charge in [-0.2, -0.15) is 0 Å². The number of ether oxygens (including phenoxy) is 7. The molecule has 3 aliphatic heterocycles. The Morgan fingerprint density at radius 3 is 2.46 bits per heavy atom. The number of carbonyl (C=O) groups excluding carboxylic acids is 2. The van der Waals surface area contributed by atoms with Gasteiger partial charge in [0.1, 0.15) is 37.1 Å². The van der Waals surface area contributed by atoms with Crippen molar-refractivity contribution in [2.45, 2.75) is 76.5 Å². The number of rotatable bonds is 7. The number of H-pyrrole nitrogens is 1. The van der Waals surface area contributed by atoms with Gasteiger partial charge in [0, 0.05) is 26.1 Å². The van der Waals surface area contributed by atoms with Crippen LogP contribution in [0, 0.1) is 0 Å². The molecule has 1 aromatic heterocycles. The number of hydrogen-bond acceptors (Lipinski definition) is 11. The fourth-order valence-corrected chi connectivity index (χ4v) is 4.19. The highest BCUT2D eigenvalue weighted by atomic mass is 16.8. The number of nitrogens with zero attached hydrogens (tertiary/aromatic N) is 1. The van der Waals surface area contributed by atoms with E-state index < -0.39 is 72.0 Å². The van der Waals surface area contributed by atoms with Gasteiger partial charge in [-0.15, -0.1) is 0 Å². The van der Waals surface area contributed by atoms with E-state index in [1.54, 1.807) is 26.0 Å². The molecule has 13 heteroatoms. The maximum atomic E-state index is 12.3. The lowest BCUT2D eigenvalue weighted by molar-refractivity contribution is -0.224. The van der Waals surface area contributed by atoms with Crippen molar-refractivity contribution in [3.63, 3.8) is 0 Å². The normalized spacial score (nSPS) is 33.3. The first-order chi connectivity index (χ1) is 16.5. The molecule has 0 spiro atoms. The van der Waals surface area contributed by atoms with E-state index in [0.717, 1.165) is 0 Å². The Hall–Kier alpha value is -2.84. The Bertz CT molecular complexity index is 1090. The van der Waals surface area contributed by atoms with Crippen LogP contribution in [0.15, 0.2) is 34.0 Å². The number of carbonyl (C=O) groups is 2. The van der Waals surface area contributed by atoms with Crippen molar-refractivity contribution in [2.75, 3.05) is 13.2 Å². The summed E-state index contributed by atoms with van der Waals surface area (Å²) in [6, 6.07) is 1.22. The van der Waals surface area contributed by atoms with Crippen molar-refractivity contribution in [1.29, 1.82) is 0 Å². The summed E-state index contributed by atoms with van der Waals surface area (Å²) in [7, 11) is 0. The highest BCUT2D eigenvalue weighted by Gasteiger charge is 2.56. The van der Waals surface area contributed by atoms with Crippen LogP contribution in [0.2, 0.25) is 0 Å². The molecule has 1 aromatic rings. The third-order valence-corrected chi connectivity index (χ3v) is 5.56. The molecule has 0 amide bonds. The van der Waals surface area contributed by atoms with Gasteiger partial charge < -0.3 is 33.2 Å². The average molecular weight is 496 g/mol. The first kappa shape index (κ1) is 25.3. The smallest absolute Gasteiger partial charge is 0.330 e. The molecular formula is C22H28N2O11. The predicted octanol–water partition coefficient (Wildman–Crippen LogP) is -0.253. The molecule has 0 saturated carbocycles. The van der Waals surface area contributed by atoms with Crippen LogP contribution in [0.3, 0.4) is 0 Å². The van der Waals surface area contributed by atoms with Crippen molar-refractivity contribution in [3.8, 4) is 0 Å². The van der Waals surface area contributed by atoms with E-state index in [-0.39, 0.29) is 13.2 Å². The summed E-state index contributed by atoms with van der Waals surface area (Å²) in [6.45, 7) is 5.89. The molecule has 2 fully saturated rings. The number of nitrogens with one attached hydrogen (secondary N) is 1. The largest absolute Gasteiger partial charge is 0.463 e. The quantitative estimate of drug-likeness (QED) is 0.392. The van der Waals surface area contributed by atoms with Gasteiger partial charge >= 0.3 is 17.6 Å². The lowest BCUT2D eigenvalue weighted by atomic mass is 10.1. The molecule has 192 valence electrons. The summed E-state index contributed by atoms with van der Waals surface area (Å²) < 4.78 is 41.2. The summed E-state index contributed by atoms with van der Waals surface area (Å²) in [5.41, 5.74) is -1.17. The third-order valence-electron chi connectivity index (χ3n) is 5.56. The van der Waals surface area contributed by atoms with Crippen molar-refractivity contribution in [1.82, 2.24) is 9.55 Å². The summed E-state index contributed by atoms with van der Waals surface area (Å²) in [5.74, 6) is -1.93. The van der Waals surface area contributed by atoms with Crippen LogP contribution in [0.1, 0.15) is 33.9 Å². The Morgan fingerprint density at radius 2 is 1.77 bits per heavy atom. The van der Waals surface area contributed by atoms with Crippen LogP contribution < -0.4 is 11.2 Å². The Balaban J connectivity index is 1.45. The van der Waals surface area contributed by atoms with Crippen LogP contribution in [-0.2, 0) is 42.7 Å². The zero-order valence-corrected chi connectivity index (χ0v) is 19.7. The summed E-state index contributed by atoms with van der Waals surface area (Å²) in [4.78, 5) is 48.6. The third kappa shape index (κ3) is 5.87. The van der Waals surface area contributed by atoms with E-state index >= 15 is 0 Å². The Morgan fingerprint density at radius 1 is 1.03 bits per heavy atom. The number of hydrogen-bond donors (Lipinski definition) is 1. The fourth-order valence-electron chi connectivity index (χ4n) is 4.19. The number of fused-ring (bicyclic) bond motifs is 1. The number of esters is 2. The highest BCUT2D eigenvalue weighted by molar-refractivity contribution is 5.66. The molecule has 0 unspecified atom stereocenters. The molecule has 0 aromatic carbocycles. The van der Waals surface area contributed by atoms with Crippen molar-refractivity contribution in [2.24, 2.45) is 0 Å². The summed E-state index contributed by atoms with van der Waals surface area (Å²) in [5, 5.41) is 0. The van der Waals surface area contributed by atoms with E-state index in [1.807, 2.05) is 0 Å². The van der Waals surface area contributed by atoms with Gasteiger partial charge in [-0.25, -0.2) is 4.79 Å². The molecule has 3 aliphatic rings. The van der Waals surface area contributed by atoms with E-state index in [4.69, 9.17) is 33.2 Å². The first-order valence-corrected chi connectivity index (χ1v) is 11.1. The predicted molar refractivity (Wildman–Crippen MR) is 115 cm³/mol. The van der Waals surface area contributed by atoms with E-state index in [1.165, 1.54) is 30.7 Å². The molecule has 0 aliphatic carbocycles. The van der Waals surface area contributed by atoms with Gasteiger partial charge in [0.05, 0.1) is 6.61 Å². The van der Waals surface area contributed by atoms with Gasteiger partial charge in [0.15, 0.2) is 18.3 Å². The molecule has 4 heterocycles. The maximum absolute atomic E-state index is 12.3. The van der Waals surface area contributed by atoms with Gasteiger partial charge in [-0.3, -0.25) is 23.9 Å². The first-order valence-electron chi connectivity index (χ1n) is 11.1. The van der Waals surface area contributed by atoms with Crippen LogP contribution >= 0.6 is 0 Å². The van der Waals surface area contributed by atoms with E-state index in [9.17, 15) is 19.2 Å². The van der Waals surface area contributed by atoms with Gasteiger partial charge in [-0.05, 0) is 26.0 Å². The molecule has 35 heavy (non-hydrogen) atoms. The number of aromatic nitrogens is 2. The second-order valence-corrected chi connectivity index (χ2v) is 8.79. The second-order valence-electron chi connectivity index (χ2n) is 8.79. The summed E-state index contributed by atoms with van der Waals surface area (Å²) >= 11 is 0. The van der Waals surface area contributed by atoms with Gasteiger partial charge in [0.2, 0.25) is 0 Å². The molecule has 4 rings (SSSR count). The lowest BCUT2D eigenvalue weighted by Gasteiger charge is -2.32. The molecule has 13 nitrogen and oxygen atoms in total. The monoisotopic (exact) mass is 496 g/mol. The molecular weight excluding hydrogens is 468 g/mol. The zero-order valence-electron chi connectivity index (χ0n) is 19.7. The van der Waals surface area contributed by atoms with Crippen molar-refractivity contribution in [3.05, 3.63) is 45.3 Å². The Labute approximate surface area is 199 Å². The average Bonchev–Trinajstić information content (AvgIpc) is 3.24. The zero-order chi connectivity index (χ0) is 25.3. The fraction of sp³-hybridized carbons (Fsp3) is 0.636. The topological polar surface area (TPSA) is 154 Å². The molecule has 0 bridgehead atoms. The van der Waals surface area contributed by atoms with Crippen LogP contribution in [-0.4, -0.2) is 77.3 Å². The molecule has 7 atom stereocenters. The second kappa shape index (κ2) is 10.0. The minimum Gasteiger partial charge on any atom is -0.463 e. The van der Waals surface area contributed by atoms with Gasteiger partial charge in [-0.1, -0.05) is 0 Å². The standard InChI is InChI=1S/C22H28N2O11/c1-11(25)29-9-14-13(31-12(2)26)5-6-17(32-14)30-10-15-18-19(35-22(3,4)34-18)20(33-15)24-8-7-16(27)23-21(24)28/h5-8,13-15,17-20H,9-10H2,1-4H3,(H,23,27,28)/t13-,14+,15+,17-,18+,19+,20+/m0/s1. The minimum absolute atomic E-state index is 0.00271. The summed E-state index contributed by atoms with van der Waals surface area (Å²) in [6.07, 6.45) is -0.546. The minimum atomic E-state index is -0.922. The van der Waals surface area contributed by atoms with Crippen LogP contribution in [0.4, 0.5) is 0 Å². The molecule has 2 saturated heterocycles. The maximum Gasteiger partial charge on any atom is 0.330 e. The van der Waals surface area contributed by atoms with Gasteiger partial charge in [0.25, 0.3) is 5.56 Å². The highest BCUT2D eigenvalue weighted by Crippen LogP contribution is 2.42. The van der Waals surface area contributed by atoms with E-state index in [0.29, 0.717) is 0 Å². The number of aromatic amines is 1. The van der Waals surface area contributed by atoms with Crippen molar-refractivity contribution < 1.29 is 42.7 Å². The molecule has 0 radical (unpaired) electrons. The van der Waals surface area contributed by atoms with Crippen LogP contribution in [0.5, 0.6) is 0 Å². The lowest BCUT2D eigenvalue weighted by Crippen LogP contribution is -2.43. The SMILES string of the molecule is CC(=O)OC[C@H]1O[C@H](OC[C@H]2O[C@@H](n3ccc(=O)[nH]c3=O)[C@@H]3OC(C)(C)O[C@@H]32)C=C[C@@H]1OC(C)=O. The van der Waals surface area contributed by atoms with Crippen LogP contribution in [0.25, 0.3) is 0 Å². The van der Waals surface area contributed by atoms with E-state index in [2.05, 4.69) is 4.98 Å². The Kier molecular flexibility index (Phi) is 7.24. The van der Waals surface area contributed by atoms with Crippen molar-refractivity contribution >= 4 is 11.9 Å². The molecule has 1 N–H and O–H groups in total.